The molecule has 0 unspecified atom stereocenters. The van der Waals surface area contributed by atoms with Gasteiger partial charge in [-0.25, -0.2) is 0 Å². The fourth-order valence-electron chi connectivity index (χ4n) is 17.0. The molecule has 0 saturated heterocycles. The first kappa shape index (κ1) is 76.8. The van der Waals surface area contributed by atoms with Crippen molar-refractivity contribution in [2.75, 3.05) is 0 Å². The van der Waals surface area contributed by atoms with Gasteiger partial charge in [-0.15, -0.1) is 68.0 Å². The standard InChI is InChI=1S/2C25H18NOS.2C25H18NS2.4CH4/c1-15-17-8-5-6-10-22(17)27-24(15)21-13-20-19-12-11-16-7-3-4-9-18(16)25(19)28-23(20)14-26(21)2;1-15-18-9-5-6-10-22(18)27-25(15)21-13-20-19-11-16-7-3-4-8-17(16)12-23(19)28-24(20)14-26(21)2;1-15-17-8-5-6-10-22(17)27-24(15)21-13-20-19-12-11-16-7-3-4-9-18(16)25(19)28-23(20)14-26(21)2;1-15-24(19-9-5-6-10-22(19)27-15)21-13-20-18-12-11-16-7-3-4-8-17(16)25(18)28-23(20)14-26(21)2;;;;/h4*3-14H,1-2H3;4*1H4/q4*+1;;;;. The summed E-state index contributed by atoms with van der Waals surface area (Å²) < 4.78 is 34.9. The second kappa shape index (κ2) is 30.4. The first-order valence-electron chi connectivity index (χ1n) is 37.7. The van der Waals surface area contributed by atoms with Crippen molar-refractivity contribution < 1.29 is 27.1 Å². The summed E-state index contributed by atoms with van der Waals surface area (Å²) in [5, 5.41) is 26.2. The van der Waals surface area contributed by atoms with Gasteiger partial charge in [-0.05, 0) is 118 Å². The number of furan rings is 2. The van der Waals surface area contributed by atoms with E-state index in [2.05, 4.69) is 342 Å². The van der Waals surface area contributed by atoms with Gasteiger partial charge in [-0.1, -0.05) is 236 Å². The molecule has 24 rings (SSSR count). The highest BCUT2D eigenvalue weighted by atomic mass is 32.1. The molecule has 0 radical (unpaired) electrons. The summed E-state index contributed by atoms with van der Waals surface area (Å²) in [5.41, 5.74) is 11.8. The maximum absolute atomic E-state index is 6.26. The SMILES string of the molecule is C.C.C.C.Cc1c(-c2cc3c(c[n+]2C)sc2c4ccccc4ccc32)oc2ccccc12.Cc1c(-c2cc3c(c[n+]2C)sc2c4ccccc4ccc32)sc2ccccc12.Cc1c(-c2cc3c(c[n+]2C)sc2cc4ccccc4cc23)oc2ccccc12.Cc1sc2ccccc2c1-c1cc2c(c[n+]1C)sc1c3ccccc3ccc21. The quantitative estimate of drug-likeness (QED) is 0.165. The smallest absolute Gasteiger partial charge is 0.249 e. The molecule has 0 spiro atoms. The number of hydrogen-bond acceptors (Lipinski definition) is 8. The number of pyridine rings is 4. The van der Waals surface area contributed by atoms with Crippen molar-refractivity contribution in [1.82, 2.24) is 0 Å². The van der Waals surface area contributed by atoms with E-state index in [1.807, 2.05) is 92.3 Å². The highest BCUT2D eigenvalue weighted by molar-refractivity contribution is 7.28. The normalized spacial score (nSPS) is 11.5. The van der Waals surface area contributed by atoms with Gasteiger partial charge in [0.1, 0.15) is 44.2 Å². The third-order valence-corrected chi connectivity index (χ3v) is 29.8. The average Bonchev–Trinajstić information content (AvgIpc) is 1.60. The molecular formula is C104H88N4O2S6+4. The monoisotopic (exact) mass is 1620 g/mol. The van der Waals surface area contributed by atoms with Gasteiger partial charge in [-0.3, -0.25) is 0 Å². The average molecular weight is 1620 g/mol. The minimum atomic E-state index is 0. The number of nitrogens with zero attached hydrogens (tertiary/aromatic N) is 4. The van der Waals surface area contributed by atoms with Crippen molar-refractivity contribution in [3.63, 3.8) is 0 Å². The topological polar surface area (TPSA) is 41.8 Å². The summed E-state index contributed by atoms with van der Waals surface area (Å²) in [5.74, 6) is 1.90. The minimum absolute atomic E-state index is 0. The Hall–Kier alpha value is -11.8. The third-order valence-electron chi connectivity index (χ3n) is 22.7. The van der Waals surface area contributed by atoms with Crippen molar-refractivity contribution in [2.45, 2.75) is 57.4 Å². The largest absolute Gasteiger partial charge is 0.449 e. The van der Waals surface area contributed by atoms with E-state index in [0.29, 0.717) is 0 Å². The molecule has 12 heteroatoms. The Morgan fingerprint density at radius 3 is 1.03 bits per heavy atom. The van der Waals surface area contributed by atoms with Crippen LogP contribution in [0.2, 0.25) is 0 Å². The van der Waals surface area contributed by atoms with E-state index >= 15 is 0 Å². The van der Waals surface area contributed by atoms with E-state index in [9.17, 15) is 0 Å². The number of aromatic nitrogens is 4. The van der Waals surface area contributed by atoms with Gasteiger partial charge in [0, 0.05) is 128 Å². The number of hydrogen-bond donors (Lipinski definition) is 0. The summed E-state index contributed by atoms with van der Waals surface area (Å²) in [6.07, 6.45) is 9.06. The summed E-state index contributed by atoms with van der Waals surface area (Å²) >= 11 is 11.3. The number of benzene rings is 12. The van der Waals surface area contributed by atoms with Crippen molar-refractivity contribution in [3.05, 3.63) is 313 Å². The van der Waals surface area contributed by atoms with Crippen LogP contribution < -0.4 is 18.3 Å². The number of thiophene rings is 6. The van der Waals surface area contributed by atoms with E-state index in [0.717, 1.165) is 34.1 Å². The van der Waals surface area contributed by atoms with Crippen molar-refractivity contribution in [3.8, 4) is 44.7 Å². The summed E-state index contributed by atoms with van der Waals surface area (Å²) in [4.78, 5) is 2.74. The van der Waals surface area contributed by atoms with Crippen LogP contribution in [-0.2, 0) is 28.2 Å². The zero-order valence-electron chi connectivity index (χ0n) is 62.8. The van der Waals surface area contributed by atoms with Crippen LogP contribution in [0.5, 0.6) is 0 Å². The van der Waals surface area contributed by atoms with E-state index in [4.69, 9.17) is 8.83 Å². The lowest BCUT2D eigenvalue weighted by atomic mass is 10.0. The van der Waals surface area contributed by atoms with Gasteiger partial charge >= 0.3 is 0 Å². The minimum Gasteiger partial charge on any atom is -0.449 e. The highest BCUT2D eigenvalue weighted by Gasteiger charge is 2.28. The Morgan fingerprint density at radius 1 is 0.233 bits per heavy atom. The molecule has 568 valence electrons. The molecule has 12 aromatic heterocycles. The fourth-order valence-corrected chi connectivity index (χ4v) is 24.4. The van der Waals surface area contributed by atoms with Gasteiger partial charge < -0.3 is 8.83 Å². The van der Waals surface area contributed by atoms with Gasteiger partial charge in [0.25, 0.3) is 0 Å². The zero-order chi connectivity index (χ0) is 75.3. The molecule has 12 heterocycles. The van der Waals surface area contributed by atoms with E-state index in [-0.39, 0.29) is 29.7 Å². The molecular weight excluding hydrogens is 1530 g/mol. The van der Waals surface area contributed by atoms with Crippen LogP contribution >= 0.6 is 68.0 Å². The number of rotatable bonds is 4. The second-order valence-electron chi connectivity index (χ2n) is 29.5. The van der Waals surface area contributed by atoms with Crippen molar-refractivity contribution >= 4 is 234 Å². The highest BCUT2D eigenvalue weighted by Crippen LogP contribution is 2.47. The van der Waals surface area contributed by atoms with Crippen LogP contribution in [0.25, 0.3) is 211 Å². The van der Waals surface area contributed by atoms with Crippen LogP contribution in [0.4, 0.5) is 0 Å². The number of para-hydroxylation sites is 2. The fraction of sp³-hybridized carbons (Fsp3) is 0.115. The molecule has 0 atom stereocenters. The summed E-state index contributed by atoms with van der Waals surface area (Å²) in [6, 6.07) is 96.1. The first-order valence-corrected chi connectivity index (χ1v) is 42.6. The molecule has 0 amide bonds. The summed E-state index contributed by atoms with van der Waals surface area (Å²) in [7, 11) is 8.54. The van der Waals surface area contributed by atoms with E-state index in [1.54, 1.807) is 0 Å². The molecule has 116 heavy (non-hydrogen) atoms. The maximum atomic E-state index is 6.26. The molecule has 0 aliphatic heterocycles. The first-order chi connectivity index (χ1) is 54.8. The Morgan fingerprint density at radius 2 is 0.569 bits per heavy atom. The molecule has 0 fully saturated rings. The van der Waals surface area contributed by atoms with Gasteiger partial charge in [0.2, 0.25) is 34.3 Å². The number of aryl methyl sites for hydroxylation is 8. The third kappa shape index (κ3) is 12.7. The molecule has 0 N–H and O–H groups in total. The Balaban J connectivity index is 0.000000110. The van der Waals surface area contributed by atoms with Crippen LogP contribution in [0.15, 0.2) is 301 Å². The lowest BCUT2D eigenvalue weighted by molar-refractivity contribution is -0.659. The van der Waals surface area contributed by atoms with Crippen LogP contribution in [0.1, 0.15) is 51.3 Å². The lowest BCUT2D eigenvalue weighted by Crippen LogP contribution is -2.30. The molecule has 0 saturated carbocycles. The second-order valence-corrected chi connectivity index (χ2v) is 36.0. The molecule has 0 aliphatic rings. The molecule has 0 aliphatic carbocycles. The molecule has 0 bridgehead atoms. The zero-order valence-corrected chi connectivity index (χ0v) is 67.7. The lowest BCUT2D eigenvalue weighted by Gasteiger charge is -2.02. The van der Waals surface area contributed by atoms with Gasteiger partial charge in [-0.2, -0.15) is 18.3 Å². The van der Waals surface area contributed by atoms with E-state index < -0.39 is 0 Å². The Bertz CT molecular complexity index is 7650. The van der Waals surface area contributed by atoms with E-state index in [1.165, 1.54) is 198 Å². The van der Waals surface area contributed by atoms with Gasteiger partial charge in [0.15, 0.2) is 24.8 Å². The maximum Gasteiger partial charge on any atom is 0.249 e. The van der Waals surface area contributed by atoms with Crippen molar-refractivity contribution in [2.24, 2.45) is 28.2 Å². The van der Waals surface area contributed by atoms with Crippen molar-refractivity contribution in [1.29, 1.82) is 0 Å². The van der Waals surface area contributed by atoms with Gasteiger partial charge in [0.05, 0.1) is 24.4 Å². The molecule has 12 aromatic carbocycles. The van der Waals surface area contributed by atoms with Crippen LogP contribution in [0, 0.1) is 27.7 Å². The summed E-state index contributed by atoms with van der Waals surface area (Å²) in [6.45, 7) is 8.77. The predicted octanol–water partition coefficient (Wildman–Crippen LogP) is 30.5. The number of fused-ring (bicyclic) bond motifs is 23. The Labute approximate surface area is 698 Å². The van der Waals surface area contributed by atoms with Crippen LogP contribution in [-0.4, -0.2) is 0 Å². The molecule has 6 nitrogen and oxygen atoms in total. The predicted molar refractivity (Wildman–Crippen MR) is 510 cm³/mol. The Kier molecular flexibility index (Phi) is 20.1. The van der Waals surface area contributed by atoms with Crippen LogP contribution in [0.3, 0.4) is 0 Å². The molecule has 24 aromatic rings.